The van der Waals surface area contributed by atoms with Crippen molar-refractivity contribution in [3.8, 4) is 0 Å². The summed E-state index contributed by atoms with van der Waals surface area (Å²) in [6, 6.07) is 10.5. The molecule has 4 rings (SSSR count). The molecule has 154 valence electrons. The number of ether oxygens (including phenoxy) is 1. The Balaban J connectivity index is 1.25. The summed E-state index contributed by atoms with van der Waals surface area (Å²) in [7, 11) is 2.12. The largest absolute Gasteiger partial charge is 0.461 e. The van der Waals surface area contributed by atoms with Crippen molar-refractivity contribution in [3.05, 3.63) is 60.2 Å². The number of hydrogen-bond acceptors (Lipinski definition) is 6. The molecule has 3 heterocycles. The predicted octanol–water partition coefficient (Wildman–Crippen LogP) is 2.55. The van der Waals surface area contributed by atoms with Crippen LogP contribution in [0.4, 0.5) is 0 Å². The summed E-state index contributed by atoms with van der Waals surface area (Å²) in [4.78, 5) is 25.9. The molecule has 2 aliphatic rings. The topological polar surface area (TPSA) is 58.6 Å². The van der Waals surface area contributed by atoms with E-state index in [2.05, 4.69) is 51.1 Å². The number of cyclic esters (lactones) is 1. The highest BCUT2D eigenvalue weighted by molar-refractivity contribution is 5.79. The van der Waals surface area contributed by atoms with Crippen molar-refractivity contribution in [1.29, 1.82) is 0 Å². The van der Waals surface area contributed by atoms with Crippen LogP contribution in [0, 0.1) is 5.41 Å². The Morgan fingerprint density at radius 1 is 1.21 bits per heavy atom. The maximum Gasteiger partial charge on any atom is 0.312 e. The van der Waals surface area contributed by atoms with Crippen LogP contribution < -0.4 is 0 Å². The van der Waals surface area contributed by atoms with Gasteiger partial charge in [-0.05, 0) is 45.0 Å². The van der Waals surface area contributed by atoms with Gasteiger partial charge in [0.25, 0.3) is 0 Å². The van der Waals surface area contributed by atoms with Crippen molar-refractivity contribution >= 4 is 5.97 Å². The highest BCUT2D eigenvalue weighted by Crippen LogP contribution is 2.43. The van der Waals surface area contributed by atoms with Crippen molar-refractivity contribution in [2.75, 3.05) is 33.2 Å². The summed E-state index contributed by atoms with van der Waals surface area (Å²) < 4.78 is 5.81. The van der Waals surface area contributed by atoms with Crippen molar-refractivity contribution in [1.82, 2.24) is 19.8 Å². The number of aromatic nitrogens is 2. The van der Waals surface area contributed by atoms with Crippen molar-refractivity contribution < 1.29 is 9.53 Å². The Morgan fingerprint density at radius 2 is 2.00 bits per heavy atom. The lowest BCUT2D eigenvalue weighted by Gasteiger charge is -2.36. The number of carbonyl (C=O) groups excluding carboxylic acids is 1. The van der Waals surface area contributed by atoms with Crippen LogP contribution in [0.1, 0.15) is 30.5 Å². The van der Waals surface area contributed by atoms with E-state index in [0.717, 1.165) is 64.1 Å². The number of hydrogen-bond donors (Lipinski definition) is 0. The van der Waals surface area contributed by atoms with Crippen LogP contribution in [-0.2, 0) is 22.5 Å². The minimum Gasteiger partial charge on any atom is -0.461 e. The molecule has 1 aromatic heterocycles. The molecule has 1 aromatic carbocycles. The second-order valence-corrected chi connectivity index (χ2v) is 8.48. The van der Waals surface area contributed by atoms with Gasteiger partial charge in [0.2, 0.25) is 0 Å². The van der Waals surface area contributed by atoms with Crippen molar-refractivity contribution in [2.45, 2.75) is 38.3 Å². The molecule has 2 aliphatic heterocycles. The average Bonchev–Trinajstić information content (AvgIpc) is 3.04. The SMILES string of the molecule is CN(CCc1ccccc1)CC1CC2(CCN(Cc3cnccn3)CC2)C(=O)O1. The third kappa shape index (κ3) is 5.00. The number of esters is 1. The zero-order valence-corrected chi connectivity index (χ0v) is 17.2. The summed E-state index contributed by atoms with van der Waals surface area (Å²) in [6.07, 6.45) is 8.85. The lowest BCUT2D eigenvalue weighted by atomic mass is 9.76. The molecular weight excluding hydrogens is 364 g/mol. The van der Waals surface area contributed by atoms with E-state index in [1.807, 2.05) is 12.3 Å². The first-order valence-electron chi connectivity index (χ1n) is 10.5. The van der Waals surface area contributed by atoms with Crippen LogP contribution in [0.25, 0.3) is 0 Å². The summed E-state index contributed by atoms with van der Waals surface area (Å²) >= 11 is 0. The smallest absolute Gasteiger partial charge is 0.312 e. The molecule has 0 saturated carbocycles. The minimum absolute atomic E-state index is 0.00909. The van der Waals surface area contributed by atoms with Crippen LogP contribution in [0.3, 0.4) is 0 Å². The summed E-state index contributed by atoms with van der Waals surface area (Å²) in [5, 5.41) is 0. The molecule has 2 aromatic rings. The maximum absolute atomic E-state index is 12.7. The third-order valence-corrected chi connectivity index (χ3v) is 6.28. The maximum atomic E-state index is 12.7. The number of piperidine rings is 1. The molecule has 0 aliphatic carbocycles. The first-order valence-corrected chi connectivity index (χ1v) is 10.5. The van der Waals surface area contributed by atoms with E-state index in [9.17, 15) is 4.79 Å². The third-order valence-electron chi connectivity index (χ3n) is 6.28. The Labute approximate surface area is 172 Å². The molecule has 1 spiro atoms. The van der Waals surface area contributed by atoms with E-state index in [4.69, 9.17) is 4.74 Å². The summed E-state index contributed by atoms with van der Waals surface area (Å²) in [5.41, 5.74) is 2.04. The van der Waals surface area contributed by atoms with E-state index in [0.29, 0.717) is 0 Å². The molecule has 2 fully saturated rings. The Morgan fingerprint density at radius 3 is 2.72 bits per heavy atom. The van der Waals surface area contributed by atoms with E-state index in [1.165, 1.54) is 5.56 Å². The predicted molar refractivity (Wildman–Crippen MR) is 111 cm³/mol. The molecule has 29 heavy (non-hydrogen) atoms. The minimum atomic E-state index is -0.288. The second kappa shape index (κ2) is 9.01. The number of likely N-dealkylation sites (tertiary alicyclic amines) is 1. The van der Waals surface area contributed by atoms with Gasteiger partial charge in [-0.3, -0.25) is 19.7 Å². The van der Waals surface area contributed by atoms with E-state index in [-0.39, 0.29) is 17.5 Å². The van der Waals surface area contributed by atoms with Crippen LogP contribution in [-0.4, -0.2) is 65.1 Å². The molecule has 6 nitrogen and oxygen atoms in total. The Hall–Kier alpha value is -2.31. The standard InChI is InChI=1S/C23H30N4O2/c1-26(12-7-19-5-3-2-4-6-19)18-21-15-23(22(28)29-21)8-13-27(14-9-23)17-20-16-24-10-11-25-20/h2-6,10-11,16,21H,7-9,12-15,17-18H2,1H3. The first-order chi connectivity index (χ1) is 14.1. The van der Waals surface area contributed by atoms with Gasteiger partial charge >= 0.3 is 5.97 Å². The molecule has 6 heteroatoms. The van der Waals surface area contributed by atoms with E-state index in [1.54, 1.807) is 12.4 Å². The molecule has 0 bridgehead atoms. The fraction of sp³-hybridized carbons (Fsp3) is 0.522. The average molecular weight is 395 g/mol. The normalized spacial score (nSPS) is 21.6. The van der Waals surface area contributed by atoms with Gasteiger partial charge in [-0.1, -0.05) is 30.3 Å². The molecule has 0 amide bonds. The van der Waals surface area contributed by atoms with Gasteiger partial charge < -0.3 is 9.64 Å². The fourth-order valence-corrected chi connectivity index (χ4v) is 4.53. The fourth-order valence-electron chi connectivity index (χ4n) is 4.53. The van der Waals surface area contributed by atoms with Gasteiger partial charge in [0.1, 0.15) is 6.10 Å². The van der Waals surface area contributed by atoms with Gasteiger partial charge in [0.15, 0.2) is 0 Å². The summed E-state index contributed by atoms with van der Waals surface area (Å²) in [5.74, 6) is 0.0121. The number of likely N-dealkylation sites (N-methyl/N-ethyl adjacent to an activating group) is 1. The van der Waals surface area contributed by atoms with E-state index >= 15 is 0 Å². The van der Waals surface area contributed by atoms with Gasteiger partial charge in [0, 0.05) is 44.6 Å². The van der Waals surface area contributed by atoms with Gasteiger partial charge in [-0.2, -0.15) is 0 Å². The Kier molecular flexibility index (Phi) is 6.21. The monoisotopic (exact) mass is 394 g/mol. The Bertz CT molecular complexity index is 791. The first kappa shape index (κ1) is 20.0. The lowest BCUT2D eigenvalue weighted by Crippen LogP contribution is -2.42. The quantitative estimate of drug-likeness (QED) is 0.673. The van der Waals surface area contributed by atoms with Crippen molar-refractivity contribution in [3.63, 3.8) is 0 Å². The van der Waals surface area contributed by atoms with Crippen LogP contribution >= 0.6 is 0 Å². The van der Waals surface area contributed by atoms with E-state index < -0.39 is 0 Å². The summed E-state index contributed by atoms with van der Waals surface area (Å²) in [6.45, 7) is 4.38. The number of benzene rings is 1. The van der Waals surface area contributed by atoms with Crippen LogP contribution in [0.15, 0.2) is 48.9 Å². The molecule has 0 N–H and O–H groups in total. The molecule has 0 radical (unpaired) electrons. The molecule has 1 unspecified atom stereocenters. The molecular formula is C23H30N4O2. The number of rotatable bonds is 7. The van der Waals surface area contributed by atoms with Crippen molar-refractivity contribution in [2.24, 2.45) is 5.41 Å². The zero-order chi connectivity index (χ0) is 20.1. The van der Waals surface area contributed by atoms with Gasteiger partial charge in [-0.15, -0.1) is 0 Å². The van der Waals surface area contributed by atoms with Gasteiger partial charge in [-0.25, -0.2) is 0 Å². The lowest BCUT2D eigenvalue weighted by molar-refractivity contribution is -0.151. The van der Waals surface area contributed by atoms with Crippen LogP contribution in [0.5, 0.6) is 0 Å². The second-order valence-electron chi connectivity index (χ2n) is 8.48. The highest BCUT2D eigenvalue weighted by Gasteiger charge is 2.50. The number of carbonyl (C=O) groups is 1. The van der Waals surface area contributed by atoms with Gasteiger partial charge in [0.05, 0.1) is 11.1 Å². The van der Waals surface area contributed by atoms with Crippen LogP contribution in [0.2, 0.25) is 0 Å². The molecule has 2 saturated heterocycles. The molecule has 1 atom stereocenters. The zero-order valence-electron chi connectivity index (χ0n) is 17.2. The number of nitrogens with zero attached hydrogens (tertiary/aromatic N) is 4. The highest BCUT2D eigenvalue weighted by atomic mass is 16.6.